The average molecular weight is 278 g/mol. The van der Waals surface area contributed by atoms with Gasteiger partial charge in [0.1, 0.15) is 5.82 Å². The number of rotatable bonds is 5. The van der Waals surface area contributed by atoms with Crippen LogP contribution in [0.1, 0.15) is 6.42 Å². The summed E-state index contributed by atoms with van der Waals surface area (Å²) >= 11 is 5.14. The van der Waals surface area contributed by atoms with Crippen molar-refractivity contribution in [3.63, 3.8) is 0 Å². The first kappa shape index (κ1) is 13.5. The van der Waals surface area contributed by atoms with E-state index in [-0.39, 0.29) is 5.82 Å². The van der Waals surface area contributed by atoms with Crippen LogP contribution in [0.2, 0.25) is 0 Å². The zero-order valence-electron chi connectivity index (χ0n) is 10.3. The van der Waals surface area contributed by atoms with Crippen LogP contribution in [0, 0.1) is 5.82 Å². The Labute approximate surface area is 116 Å². The number of aryl methyl sites for hydroxylation is 1. The maximum atomic E-state index is 12.7. The van der Waals surface area contributed by atoms with Crippen molar-refractivity contribution >= 4 is 23.0 Å². The summed E-state index contributed by atoms with van der Waals surface area (Å²) in [6.45, 7) is 1.60. The molecule has 0 radical (unpaired) electrons. The lowest BCUT2D eigenvalue weighted by Gasteiger charge is -2.10. The highest BCUT2D eigenvalue weighted by molar-refractivity contribution is 7.80. The summed E-state index contributed by atoms with van der Waals surface area (Å²) in [5.74, 6) is -0.261. The summed E-state index contributed by atoms with van der Waals surface area (Å²) in [7, 11) is 0. The van der Waals surface area contributed by atoms with E-state index < -0.39 is 0 Å². The van der Waals surface area contributed by atoms with Gasteiger partial charge in [0.05, 0.1) is 0 Å². The molecule has 0 amide bonds. The van der Waals surface area contributed by atoms with Crippen LogP contribution in [0.4, 0.5) is 10.1 Å². The number of nitrogens with one attached hydrogen (secondary N) is 2. The van der Waals surface area contributed by atoms with Crippen molar-refractivity contribution in [1.29, 1.82) is 0 Å². The lowest BCUT2D eigenvalue weighted by Crippen LogP contribution is -2.29. The lowest BCUT2D eigenvalue weighted by atomic mass is 10.3. The van der Waals surface area contributed by atoms with E-state index in [2.05, 4.69) is 15.7 Å². The number of hydrogen-bond acceptors (Lipinski definition) is 2. The van der Waals surface area contributed by atoms with Gasteiger partial charge in [0, 0.05) is 31.2 Å². The zero-order chi connectivity index (χ0) is 13.5. The molecule has 6 heteroatoms. The molecule has 0 aliphatic heterocycles. The van der Waals surface area contributed by atoms with Crippen LogP contribution < -0.4 is 10.6 Å². The van der Waals surface area contributed by atoms with Crippen LogP contribution in [-0.2, 0) is 6.54 Å². The first-order valence-corrected chi connectivity index (χ1v) is 6.43. The van der Waals surface area contributed by atoms with Gasteiger partial charge in [-0.05, 0) is 49.0 Å². The van der Waals surface area contributed by atoms with Crippen molar-refractivity contribution in [2.75, 3.05) is 11.9 Å². The number of hydrogen-bond donors (Lipinski definition) is 2. The summed E-state index contributed by atoms with van der Waals surface area (Å²) in [4.78, 5) is 0. The summed E-state index contributed by atoms with van der Waals surface area (Å²) < 4.78 is 14.6. The molecule has 4 nitrogen and oxygen atoms in total. The Kier molecular flexibility index (Phi) is 4.85. The Hall–Kier alpha value is -1.95. The van der Waals surface area contributed by atoms with Gasteiger partial charge < -0.3 is 10.6 Å². The van der Waals surface area contributed by atoms with E-state index in [1.807, 2.05) is 16.9 Å². The van der Waals surface area contributed by atoms with Gasteiger partial charge in [-0.2, -0.15) is 5.10 Å². The highest BCUT2D eigenvalue weighted by atomic mass is 32.1. The molecule has 2 rings (SSSR count). The summed E-state index contributed by atoms with van der Waals surface area (Å²) in [6.07, 6.45) is 4.61. The van der Waals surface area contributed by atoms with Crippen LogP contribution in [0.5, 0.6) is 0 Å². The predicted molar refractivity (Wildman–Crippen MR) is 77.5 cm³/mol. The molecule has 0 aliphatic carbocycles. The van der Waals surface area contributed by atoms with E-state index >= 15 is 0 Å². The SMILES string of the molecule is Fc1ccc(NC(=S)NCCCn2cccn2)cc1. The van der Waals surface area contributed by atoms with Crippen LogP contribution in [0.15, 0.2) is 42.7 Å². The van der Waals surface area contributed by atoms with Gasteiger partial charge in [-0.3, -0.25) is 4.68 Å². The maximum Gasteiger partial charge on any atom is 0.170 e. The average Bonchev–Trinajstić information content (AvgIpc) is 2.91. The molecule has 0 saturated heterocycles. The van der Waals surface area contributed by atoms with Gasteiger partial charge in [-0.25, -0.2) is 4.39 Å². The number of anilines is 1. The van der Waals surface area contributed by atoms with E-state index in [4.69, 9.17) is 12.2 Å². The Bertz CT molecular complexity index is 510. The number of thiocarbonyl (C=S) groups is 1. The second-order valence-electron chi connectivity index (χ2n) is 4.01. The Balaban J connectivity index is 1.65. The van der Waals surface area contributed by atoms with Crippen LogP contribution in [0.3, 0.4) is 0 Å². The first-order valence-electron chi connectivity index (χ1n) is 6.02. The minimum Gasteiger partial charge on any atom is -0.362 e. The van der Waals surface area contributed by atoms with Crippen LogP contribution in [0.25, 0.3) is 0 Å². The van der Waals surface area contributed by atoms with Crippen molar-refractivity contribution in [2.24, 2.45) is 0 Å². The van der Waals surface area contributed by atoms with Crippen molar-refractivity contribution in [1.82, 2.24) is 15.1 Å². The minimum absolute atomic E-state index is 0.261. The second kappa shape index (κ2) is 6.84. The predicted octanol–water partition coefficient (Wildman–Crippen LogP) is 2.40. The number of halogens is 1. The molecule has 0 bridgehead atoms. The van der Waals surface area contributed by atoms with Crippen molar-refractivity contribution in [3.05, 3.63) is 48.5 Å². The molecule has 19 heavy (non-hydrogen) atoms. The van der Waals surface area contributed by atoms with Gasteiger partial charge in [-0.15, -0.1) is 0 Å². The normalized spacial score (nSPS) is 10.2. The second-order valence-corrected chi connectivity index (χ2v) is 4.42. The zero-order valence-corrected chi connectivity index (χ0v) is 11.2. The van der Waals surface area contributed by atoms with Gasteiger partial charge in [0.2, 0.25) is 0 Å². The monoisotopic (exact) mass is 278 g/mol. The van der Waals surface area contributed by atoms with Gasteiger partial charge in [-0.1, -0.05) is 0 Å². The van der Waals surface area contributed by atoms with E-state index in [1.165, 1.54) is 12.1 Å². The molecule has 2 aromatic rings. The molecule has 0 atom stereocenters. The molecule has 0 spiro atoms. The number of aromatic nitrogens is 2. The highest BCUT2D eigenvalue weighted by Crippen LogP contribution is 2.07. The molecule has 0 fully saturated rings. The topological polar surface area (TPSA) is 41.9 Å². The molecule has 1 heterocycles. The largest absolute Gasteiger partial charge is 0.362 e. The highest BCUT2D eigenvalue weighted by Gasteiger charge is 1.98. The molecule has 0 saturated carbocycles. The van der Waals surface area contributed by atoms with E-state index in [0.717, 1.165) is 25.2 Å². The number of nitrogens with zero attached hydrogens (tertiary/aromatic N) is 2. The third-order valence-corrected chi connectivity index (χ3v) is 2.76. The standard InChI is InChI=1S/C13H15FN4S/c14-11-3-5-12(6-4-11)17-13(19)15-7-1-9-18-10-2-8-16-18/h2-6,8,10H,1,7,9H2,(H2,15,17,19). The molecule has 2 N–H and O–H groups in total. The lowest BCUT2D eigenvalue weighted by molar-refractivity contribution is 0.574. The van der Waals surface area contributed by atoms with Crippen molar-refractivity contribution < 1.29 is 4.39 Å². The summed E-state index contributed by atoms with van der Waals surface area (Å²) in [5.41, 5.74) is 0.769. The maximum absolute atomic E-state index is 12.7. The Morgan fingerprint density at radius 3 is 2.79 bits per heavy atom. The Morgan fingerprint density at radius 2 is 2.11 bits per heavy atom. The molecule has 100 valence electrons. The third kappa shape index (κ3) is 4.67. The molecular weight excluding hydrogens is 263 g/mol. The number of benzene rings is 1. The van der Waals surface area contributed by atoms with Gasteiger partial charge >= 0.3 is 0 Å². The van der Waals surface area contributed by atoms with Crippen LogP contribution >= 0.6 is 12.2 Å². The molecule has 0 aliphatic rings. The smallest absolute Gasteiger partial charge is 0.170 e. The Morgan fingerprint density at radius 1 is 1.32 bits per heavy atom. The van der Waals surface area contributed by atoms with Crippen molar-refractivity contribution in [2.45, 2.75) is 13.0 Å². The fraction of sp³-hybridized carbons (Fsp3) is 0.231. The van der Waals surface area contributed by atoms with Crippen LogP contribution in [-0.4, -0.2) is 21.4 Å². The minimum atomic E-state index is -0.261. The summed E-state index contributed by atoms with van der Waals surface area (Å²) in [6, 6.07) is 7.97. The van der Waals surface area contributed by atoms with E-state index in [1.54, 1.807) is 18.3 Å². The van der Waals surface area contributed by atoms with Gasteiger partial charge in [0.15, 0.2) is 5.11 Å². The van der Waals surface area contributed by atoms with E-state index in [9.17, 15) is 4.39 Å². The van der Waals surface area contributed by atoms with Crippen molar-refractivity contribution in [3.8, 4) is 0 Å². The fourth-order valence-electron chi connectivity index (χ4n) is 1.58. The fourth-order valence-corrected chi connectivity index (χ4v) is 1.80. The summed E-state index contributed by atoms with van der Waals surface area (Å²) in [5, 5.41) is 10.7. The molecule has 1 aromatic heterocycles. The van der Waals surface area contributed by atoms with E-state index in [0.29, 0.717) is 5.11 Å². The molecule has 0 unspecified atom stereocenters. The third-order valence-electron chi connectivity index (χ3n) is 2.51. The first-order chi connectivity index (χ1) is 9.24. The quantitative estimate of drug-likeness (QED) is 0.651. The molecule has 1 aromatic carbocycles. The molecular formula is C13H15FN4S. The van der Waals surface area contributed by atoms with Gasteiger partial charge in [0.25, 0.3) is 0 Å².